The first-order chi connectivity index (χ1) is 12.2. The second-order valence-electron chi connectivity index (χ2n) is 6.46. The lowest BCUT2D eigenvalue weighted by Gasteiger charge is -2.14. The Morgan fingerprint density at radius 2 is 1.88 bits per heavy atom. The van der Waals surface area contributed by atoms with Crippen LogP contribution < -0.4 is 0 Å². The summed E-state index contributed by atoms with van der Waals surface area (Å²) in [5.41, 5.74) is 3.45. The van der Waals surface area contributed by atoms with Gasteiger partial charge in [-0.25, -0.2) is 9.48 Å². The van der Waals surface area contributed by atoms with Crippen molar-refractivity contribution in [2.45, 2.75) is 19.4 Å². The van der Waals surface area contributed by atoms with Gasteiger partial charge in [-0.05, 0) is 49.7 Å². The van der Waals surface area contributed by atoms with Crippen molar-refractivity contribution in [3.63, 3.8) is 0 Å². The maximum Gasteiger partial charge on any atom is 0.340 e. The zero-order valence-corrected chi connectivity index (χ0v) is 14.3. The van der Waals surface area contributed by atoms with Crippen LogP contribution in [0.4, 0.5) is 0 Å². The van der Waals surface area contributed by atoms with E-state index in [4.69, 9.17) is 4.74 Å². The Morgan fingerprint density at radius 1 is 1.12 bits per heavy atom. The van der Waals surface area contributed by atoms with Crippen LogP contribution in [0, 0.1) is 0 Å². The third-order valence-corrected chi connectivity index (χ3v) is 4.75. The lowest BCUT2D eigenvalue weighted by atomic mass is 10.1. The molecule has 0 atom stereocenters. The Kier molecular flexibility index (Phi) is 4.24. The fourth-order valence-electron chi connectivity index (χ4n) is 3.41. The summed E-state index contributed by atoms with van der Waals surface area (Å²) in [6.07, 6.45) is 4.55. The fraction of sp³-hybridized carbons (Fsp3) is 0.300. The number of carbonyl (C=O) groups is 1. The van der Waals surface area contributed by atoms with Crippen LogP contribution >= 0.6 is 0 Å². The highest BCUT2D eigenvalue weighted by molar-refractivity contribution is 6.02. The second kappa shape index (κ2) is 6.69. The highest BCUT2D eigenvalue weighted by atomic mass is 16.5. The molecule has 0 amide bonds. The first-order valence-corrected chi connectivity index (χ1v) is 8.63. The molecule has 1 saturated heterocycles. The third kappa shape index (κ3) is 3.15. The number of carbonyl (C=O) groups excluding carboxylic acids is 1. The molecular formula is C20H21N3O2. The van der Waals surface area contributed by atoms with Crippen LogP contribution in [0.1, 0.15) is 28.8 Å². The molecule has 1 fully saturated rings. The van der Waals surface area contributed by atoms with Crippen LogP contribution in [0.2, 0.25) is 0 Å². The van der Waals surface area contributed by atoms with Gasteiger partial charge in [0.15, 0.2) is 0 Å². The molecule has 4 rings (SSSR count). The minimum atomic E-state index is -0.364. The number of esters is 1. The summed E-state index contributed by atoms with van der Waals surface area (Å²) in [5.74, 6) is -0.364. The summed E-state index contributed by atoms with van der Waals surface area (Å²) in [7, 11) is 1.39. The van der Waals surface area contributed by atoms with Gasteiger partial charge in [-0.3, -0.25) is 4.90 Å². The van der Waals surface area contributed by atoms with E-state index in [0.717, 1.165) is 17.6 Å². The highest BCUT2D eigenvalue weighted by Crippen LogP contribution is 2.21. The van der Waals surface area contributed by atoms with Crippen molar-refractivity contribution in [2.24, 2.45) is 0 Å². The Bertz CT molecular complexity index is 893. The summed E-state index contributed by atoms with van der Waals surface area (Å²) in [4.78, 5) is 14.4. The topological polar surface area (TPSA) is 47.4 Å². The van der Waals surface area contributed by atoms with E-state index in [2.05, 4.69) is 34.3 Å². The zero-order chi connectivity index (χ0) is 17.2. The maximum absolute atomic E-state index is 11.9. The van der Waals surface area contributed by atoms with Gasteiger partial charge in [-0.2, -0.15) is 5.10 Å². The maximum atomic E-state index is 11.9. The van der Waals surface area contributed by atoms with Crippen LogP contribution in [-0.2, 0) is 11.3 Å². The number of fused-ring (bicyclic) bond motifs is 1. The van der Waals surface area contributed by atoms with Crippen LogP contribution in [0.15, 0.2) is 48.7 Å². The number of ether oxygens (including phenoxy) is 1. The summed E-state index contributed by atoms with van der Waals surface area (Å²) < 4.78 is 6.66. The van der Waals surface area contributed by atoms with Gasteiger partial charge in [-0.15, -0.1) is 0 Å². The molecule has 0 bridgehead atoms. The van der Waals surface area contributed by atoms with Crippen molar-refractivity contribution in [1.82, 2.24) is 14.7 Å². The van der Waals surface area contributed by atoms with E-state index in [1.165, 1.54) is 38.6 Å². The monoisotopic (exact) mass is 335 g/mol. The van der Waals surface area contributed by atoms with Crippen molar-refractivity contribution >= 4 is 16.9 Å². The van der Waals surface area contributed by atoms with Gasteiger partial charge in [0, 0.05) is 18.1 Å². The van der Waals surface area contributed by atoms with E-state index >= 15 is 0 Å². The average molecular weight is 335 g/mol. The number of hydrogen-bond acceptors (Lipinski definition) is 4. The largest absolute Gasteiger partial charge is 0.465 e. The van der Waals surface area contributed by atoms with Crippen molar-refractivity contribution in [3.05, 3.63) is 59.8 Å². The molecule has 128 valence electrons. The van der Waals surface area contributed by atoms with Crippen molar-refractivity contribution < 1.29 is 9.53 Å². The number of likely N-dealkylation sites (tertiary alicyclic amines) is 1. The zero-order valence-electron chi connectivity index (χ0n) is 14.3. The predicted octanol–water partition coefficient (Wildman–Crippen LogP) is 3.41. The molecule has 0 N–H and O–H groups in total. The van der Waals surface area contributed by atoms with Gasteiger partial charge in [0.2, 0.25) is 0 Å². The Morgan fingerprint density at radius 3 is 2.60 bits per heavy atom. The quantitative estimate of drug-likeness (QED) is 0.686. The Labute approximate surface area is 146 Å². The molecule has 2 heterocycles. The molecule has 3 aromatic rings. The molecule has 5 nitrogen and oxygen atoms in total. The highest BCUT2D eigenvalue weighted by Gasteiger charge is 2.14. The average Bonchev–Trinajstić information content (AvgIpc) is 3.30. The molecule has 0 spiro atoms. The van der Waals surface area contributed by atoms with E-state index in [-0.39, 0.29) is 5.97 Å². The molecular weight excluding hydrogens is 314 g/mol. The minimum absolute atomic E-state index is 0.364. The van der Waals surface area contributed by atoms with E-state index < -0.39 is 0 Å². The second-order valence-corrected chi connectivity index (χ2v) is 6.46. The molecule has 2 aromatic carbocycles. The Hall–Kier alpha value is -2.66. The van der Waals surface area contributed by atoms with Gasteiger partial charge in [-0.1, -0.05) is 24.3 Å². The van der Waals surface area contributed by atoms with Crippen molar-refractivity contribution in [2.75, 3.05) is 20.2 Å². The molecule has 1 aliphatic rings. The lowest BCUT2D eigenvalue weighted by molar-refractivity contribution is 0.0602. The van der Waals surface area contributed by atoms with Gasteiger partial charge in [0.25, 0.3) is 0 Å². The van der Waals surface area contributed by atoms with Gasteiger partial charge >= 0.3 is 5.97 Å². The minimum Gasteiger partial charge on any atom is -0.465 e. The van der Waals surface area contributed by atoms with E-state index in [0.29, 0.717) is 11.1 Å². The van der Waals surface area contributed by atoms with E-state index in [1.54, 1.807) is 6.07 Å². The van der Waals surface area contributed by atoms with Gasteiger partial charge in [0.05, 0.1) is 18.4 Å². The normalized spacial score (nSPS) is 14.9. The summed E-state index contributed by atoms with van der Waals surface area (Å²) in [5, 5.41) is 5.51. The number of hydrogen-bond donors (Lipinski definition) is 0. The number of nitrogens with zero attached hydrogens (tertiary/aromatic N) is 3. The molecule has 25 heavy (non-hydrogen) atoms. The molecule has 0 unspecified atom stereocenters. The molecule has 0 saturated carbocycles. The molecule has 0 radical (unpaired) electrons. The SMILES string of the molecule is COC(=O)c1cccc2cn(-c3ccc(CN4CCCC4)cc3)nc12. The standard InChI is InChI=1S/C20H21N3O2/c1-25-20(24)18-6-4-5-16-14-23(21-19(16)18)17-9-7-15(8-10-17)13-22-11-2-3-12-22/h4-10,14H,2-3,11-13H2,1H3. The number of aromatic nitrogens is 2. The first kappa shape index (κ1) is 15.8. The Balaban J connectivity index is 1.62. The van der Waals surface area contributed by atoms with Gasteiger partial charge in [0.1, 0.15) is 5.52 Å². The first-order valence-electron chi connectivity index (χ1n) is 8.63. The smallest absolute Gasteiger partial charge is 0.340 e. The number of rotatable bonds is 4. The summed E-state index contributed by atoms with van der Waals surface area (Å²) in [6.45, 7) is 3.40. The van der Waals surface area contributed by atoms with Crippen molar-refractivity contribution in [1.29, 1.82) is 0 Å². The number of methoxy groups -OCH3 is 1. The molecule has 5 heteroatoms. The van der Waals surface area contributed by atoms with Crippen LogP contribution in [0.25, 0.3) is 16.6 Å². The predicted molar refractivity (Wildman–Crippen MR) is 96.9 cm³/mol. The number of benzene rings is 2. The van der Waals surface area contributed by atoms with Crippen LogP contribution in [0.3, 0.4) is 0 Å². The van der Waals surface area contributed by atoms with Crippen LogP contribution in [-0.4, -0.2) is 40.8 Å². The van der Waals surface area contributed by atoms with Gasteiger partial charge < -0.3 is 4.74 Å². The van der Waals surface area contributed by atoms with E-state index in [1.807, 2.05) is 23.0 Å². The third-order valence-electron chi connectivity index (χ3n) is 4.75. The summed E-state index contributed by atoms with van der Waals surface area (Å²) >= 11 is 0. The molecule has 1 aliphatic heterocycles. The van der Waals surface area contributed by atoms with Crippen molar-refractivity contribution in [3.8, 4) is 5.69 Å². The van der Waals surface area contributed by atoms with E-state index in [9.17, 15) is 4.79 Å². The molecule has 1 aromatic heterocycles. The fourth-order valence-corrected chi connectivity index (χ4v) is 3.41. The lowest BCUT2D eigenvalue weighted by Crippen LogP contribution is -2.18. The summed E-state index contributed by atoms with van der Waals surface area (Å²) in [6, 6.07) is 14.0. The molecule has 0 aliphatic carbocycles. The van der Waals surface area contributed by atoms with Crippen LogP contribution in [0.5, 0.6) is 0 Å².